The number of halogens is 1. The number of benzene rings is 1. The van der Waals surface area contributed by atoms with Crippen LogP contribution in [0.25, 0.3) is 0 Å². The lowest BCUT2D eigenvalue weighted by Crippen LogP contribution is -2.09. The van der Waals surface area contributed by atoms with Gasteiger partial charge < -0.3 is 5.32 Å². The van der Waals surface area contributed by atoms with Crippen molar-refractivity contribution < 1.29 is 9.11 Å². The quantitative estimate of drug-likeness (QED) is 0.627. The van der Waals surface area contributed by atoms with E-state index in [2.05, 4.69) is 9.71 Å². The zero-order valence-corrected chi connectivity index (χ0v) is 8.01. The minimum atomic E-state index is -3.04. The minimum Gasteiger partial charge on any atom is -0.343 e. The van der Waals surface area contributed by atoms with E-state index in [9.17, 15) is 9.11 Å². The largest absolute Gasteiger partial charge is 0.343 e. The van der Waals surface area contributed by atoms with Gasteiger partial charge in [0.15, 0.2) is 0 Å². The van der Waals surface area contributed by atoms with E-state index in [1.807, 2.05) is 0 Å². The molecule has 4 nitrogen and oxygen atoms in total. The van der Waals surface area contributed by atoms with Crippen LogP contribution in [0.1, 0.15) is 0 Å². The van der Waals surface area contributed by atoms with Crippen LogP contribution in [-0.2, 0) is 0 Å². The Kier molecular flexibility index (Phi) is 1.96. The van der Waals surface area contributed by atoms with E-state index >= 15 is 0 Å². The summed E-state index contributed by atoms with van der Waals surface area (Å²) in [6, 6.07) is 4.84. The summed E-state index contributed by atoms with van der Waals surface area (Å²) in [5.41, 5.74) is 0.624. The molecule has 0 atom stereocenters. The molecule has 0 spiro atoms. The van der Waals surface area contributed by atoms with Crippen LogP contribution in [0.5, 0.6) is 0 Å². The van der Waals surface area contributed by atoms with Crippen LogP contribution < -0.4 is 5.32 Å². The van der Waals surface area contributed by atoms with Crippen LogP contribution in [0.4, 0.5) is 5.69 Å². The van der Waals surface area contributed by atoms with E-state index in [4.69, 9.17) is 11.6 Å². The number of hydrogen-bond donors (Lipinski definition) is 3. The van der Waals surface area contributed by atoms with E-state index in [-0.39, 0.29) is 0 Å². The van der Waals surface area contributed by atoms with Gasteiger partial charge in [0.05, 0.1) is 5.69 Å². The average Bonchev–Trinajstić information content (AvgIpc) is 2.06. The first-order valence-corrected chi connectivity index (χ1v) is 5.36. The van der Waals surface area contributed by atoms with Gasteiger partial charge in [-0.3, -0.25) is 9.11 Å². The molecule has 3 N–H and O–H groups in total. The Morgan fingerprint density at radius 3 is 2.92 bits per heavy atom. The van der Waals surface area contributed by atoms with Gasteiger partial charge in [0.25, 0.3) is 0 Å². The SMILES string of the molecule is OS1(O)N=CNc2ccc(Cl)cc21. The topological polar surface area (TPSA) is 64.8 Å². The Hall–Kier alpha value is -0.750. The fraction of sp³-hybridized carbons (Fsp3) is 0. The Bertz CT molecular complexity index is 381. The third-order valence-electron chi connectivity index (χ3n) is 1.66. The normalized spacial score (nSPS) is 20.2. The molecule has 1 aromatic rings. The second-order valence-electron chi connectivity index (χ2n) is 2.54. The predicted octanol–water partition coefficient (Wildman–Crippen LogP) is 2.82. The maximum atomic E-state index is 9.49. The number of fused-ring (bicyclic) bond motifs is 1. The van der Waals surface area contributed by atoms with E-state index in [0.29, 0.717) is 15.6 Å². The molecule has 0 bridgehead atoms. The Morgan fingerprint density at radius 2 is 2.15 bits per heavy atom. The fourth-order valence-electron chi connectivity index (χ4n) is 1.07. The van der Waals surface area contributed by atoms with Crippen LogP contribution in [0.2, 0.25) is 5.02 Å². The standard InChI is InChI=1S/C7H7ClN2O2S/c8-5-1-2-6-7(3-5)13(11,12)10-4-9-6/h1-4,11-12H,(H,9,10). The molecule has 1 aromatic carbocycles. The van der Waals surface area contributed by atoms with Crippen molar-refractivity contribution in [3.8, 4) is 0 Å². The smallest absolute Gasteiger partial charge is 0.113 e. The second kappa shape index (κ2) is 2.88. The van der Waals surface area contributed by atoms with Crippen molar-refractivity contribution in [2.75, 3.05) is 5.32 Å². The van der Waals surface area contributed by atoms with Gasteiger partial charge in [-0.25, -0.2) is 0 Å². The molecule has 0 saturated heterocycles. The highest BCUT2D eigenvalue weighted by Crippen LogP contribution is 2.54. The van der Waals surface area contributed by atoms with Gasteiger partial charge in [-0.05, 0) is 18.2 Å². The first-order valence-electron chi connectivity index (χ1n) is 3.48. The predicted molar refractivity (Wildman–Crippen MR) is 54.7 cm³/mol. The van der Waals surface area contributed by atoms with Gasteiger partial charge in [0.2, 0.25) is 0 Å². The lowest BCUT2D eigenvalue weighted by Gasteiger charge is -2.31. The second-order valence-corrected chi connectivity index (χ2v) is 4.66. The van der Waals surface area contributed by atoms with Crippen molar-refractivity contribution in [3.63, 3.8) is 0 Å². The van der Waals surface area contributed by atoms with Crippen molar-refractivity contribution in [1.29, 1.82) is 0 Å². The number of rotatable bonds is 0. The van der Waals surface area contributed by atoms with Crippen LogP contribution in [-0.4, -0.2) is 15.4 Å². The van der Waals surface area contributed by atoms with Gasteiger partial charge in [-0.15, -0.1) is 4.40 Å². The van der Waals surface area contributed by atoms with Crippen LogP contribution >= 0.6 is 22.4 Å². The average molecular weight is 219 g/mol. The molecule has 0 aromatic heterocycles. The van der Waals surface area contributed by atoms with Gasteiger partial charge in [0.1, 0.15) is 11.2 Å². The lowest BCUT2D eigenvalue weighted by atomic mass is 10.3. The molecule has 0 fully saturated rings. The van der Waals surface area contributed by atoms with E-state index in [0.717, 1.165) is 0 Å². The Labute approximate surface area is 81.7 Å². The van der Waals surface area contributed by atoms with Crippen LogP contribution in [0, 0.1) is 0 Å². The van der Waals surface area contributed by atoms with Crippen LogP contribution in [0.3, 0.4) is 0 Å². The van der Waals surface area contributed by atoms with Gasteiger partial charge in [0, 0.05) is 5.02 Å². The maximum Gasteiger partial charge on any atom is 0.113 e. The summed E-state index contributed by atoms with van der Waals surface area (Å²) in [6.45, 7) is 0. The zero-order valence-electron chi connectivity index (χ0n) is 6.44. The number of nitrogens with one attached hydrogen (secondary N) is 1. The van der Waals surface area contributed by atoms with Gasteiger partial charge in [-0.2, -0.15) is 0 Å². The molecular weight excluding hydrogens is 212 g/mol. The third-order valence-corrected chi connectivity index (χ3v) is 3.22. The molecule has 0 unspecified atom stereocenters. The Balaban J connectivity index is 2.60. The molecule has 0 radical (unpaired) electrons. The first kappa shape index (κ1) is 8.83. The van der Waals surface area contributed by atoms with Crippen molar-refractivity contribution >= 4 is 34.4 Å². The molecule has 1 heterocycles. The molecule has 0 saturated carbocycles. The zero-order chi connectivity index (χ0) is 9.47. The molecule has 2 rings (SSSR count). The number of hydrogen-bond acceptors (Lipinski definition) is 4. The van der Waals surface area contributed by atoms with E-state index in [1.165, 1.54) is 12.4 Å². The summed E-state index contributed by atoms with van der Waals surface area (Å²) in [4.78, 5) is 0.336. The van der Waals surface area contributed by atoms with Crippen LogP contribution in [0.15, 0.2) is 27.5 Å². The summed E-state index contributed by atoms with van der Waals surface area (Å²) in [7, 11) is -3.04. The molecule has 1 aliphatic rings. The van der Waals surface area contributed by atoms with Crippen molar-refractivity contribution in [3.05, 3.63) is 23.2 Å². The highest BCUT2D eigenvalue weighted by molar-refractivity contribution is 8.23. The highest BCUT2D eigenvalue weighted by Gasteiger charge is 2.21. The summed E-state index contributed by atoms with van der Waals surface area (Å²) in [6.07, 6.45) is 1.27. The first-order chi connectivity index (χ1) is 6.09. The van der Waals surface area contributed by atoms with Crippen molar-refractivity contribution in [1.82, 2.24) is 0 Å². The summed E-state index contributed by atoms with van der Waals surface area (Å²) in [5, 5.41) is 3.25. The molecular formula is C7H7ClN2O2S. The summed E-state index contributed by atoms with van der Waals surface area (Å²) in [5.74, 6) is 0. The minimum absolute atomic E-state index is 0.336. The van der Waals surface area contributed by atoms with Gasteiger partial charge >= 0.3 is 0 Å². The lowest BCUT2D eigenvalue weighted by molar-refractivity contribution is 0.489. The summed E-state index contributed by atoms with van der Waals surface area (Å²) < 4.78 is 22.5. The van der Waals surface area contributed by atoms with E-state index < -0.39 is 10.8 Å². The molecule has 0 aliphatic carbocycles. The number of anilines is 1. The third kappa shape index (κ3) is 1.51. The monoisotopic (exact) mass is 218 g/mol. The highest BCUT2D eigenvalue weighted by atomic mass is 35.5. The fourth-order valence-corrected chi connectivity index (χ4v) is 2.33. The molecule has 0 amide bonds. The Morgan fingerprint density at radius 1 is 1.38 bits per heavy atom. The molecule has 6 heteroatoms. The van der Waals surface area contributed by atoms with E-state index in [1.54, 1.807) is 12.1 Å². The van der Waals surface area contributed by atoms with Gasteiger partial charge in [-0.1, -0.05) is 22.4 Å². The van der Waals surface area contributed by atoms with Crippen molar-refractivity contribution in [2.45, 2.75) is 4.90 Å². The molecule has 1 aliphatic heterocycles. The van der Waals surface area contributed by atoms with Crippen molar-refractivity contribution in [2.24, 2.45) is 4.40 Å². The molecule has 70 valence electrons. The number of nitrogens with zero attached hydrogens (tertiary/aromatic N) is 1. The molecule has 13 heavy (non-hydrogen) atoms. The maximum absolute atomic E-state index is 9.49. The summed E-state index contributed by atoms with van der Waals surface area (Å²) >= 11 is 5.72.